The second kappa shape index (κ2) is 5.44. The summed E-state index contributed by atoms with van der Waals surface area (Å²) in [5.74, 6) is 0.989. The van der Waals surface area contributed by atoms with Crippen LogP contribution >= 0.6 is 0 Å². The topological polar surface area (TPSA) is 69.0 Å². The summed E-state index contributed by atoms with van der Waals surface area (Å²) >= 11 is 0. The Morgan fingerprint density at radius 3 is 2.95 bits per heavy atom. The van der Waals surface area contributed by atoms with E-state index in [0.717, 1.165) is 31.4 Å². The predicted molar refractivity (Wildman–Crippen MR) is 79.5 cm³/mol. The Morgan fingerprint density at radius 1 is 1.36 bits per heavy atom. The van der Waals surface area contributed by atoms with Gasteiger partial charge in [-0.3, -0.25) is 9.78 Å². The minimum atomic E-state index is -0.114. The number of ether oxygens (including phenoxy) is 1. The summed E-state index contributed by atoms with van der Waals surface area (Å²) in [6.07, 6.45) is 8.36. The highest BCUT2D eigenvalue weighted by Gasteiger charge is 2.34. The first-order valence-electron chi connectivity index (χ1n) is 7.72. The van der Waals surface area contributed by atoms with Crippen LogP contribution in [0.3, 0.4) is 0 Å². The summed E-state index contributed by atoms with van der Waals surface area (Å²) in [5, 5.41) is 7.39. The lowest BCUT2D eigenvalue weighted by Gasteiger charge is -2.20. The van der Waals surface area contributed by atoms with Gasteiger partial charge in [0.25, 0.3) is 5.91 Å². The first kappa shape index (κ1) is 13.3. The molecule has 3 heterocycles. The number of aromatic nitrogens is 3. The molecule has 1 fully saturated rings. The molecule has 0 bridgehead atoms. The first-order valence-corrected chi connectivity index (χ1v) is 7.72. The van der Waals surface area contributed by atoms with E-state index in [4.69, 9.17) is 4.74 Å². The predicted octanol–water partition coefficient (Wildman–Crippen LogP) is 1.94. The van der Waals surface area contributed by atoms with Crippen LogP contribution in [0.25, 0.3) is 0 Å². The third kappa shape index (κ3) is 2.45. The maximum Gasteiger partial charge on any atom is 0.258 e. The summed E-state index contributed by atoms with van der Waals surface area (Å²) in [4.78, 5) is 16.7. The molecule has 114 valence electrons. The molecule has 1 aliphatic carbocycles. The number of carbonyl (C=O) groups excluding carboxylic acids is 1. The standard InChI is InChI=1S/C16H18N4O2/c21-15(13-10-18-20-8-1-9-22-16(13)20)19-14(11-2-3-11)12-4-6-17-7-5-12/h4-7,10-11,14H,1-3,8-9H2,(H,19,21). The molecule has 22 heavy (non-hydrogen) atoms. The van der Waals surface area contributed by atoms with Crippen molar-refractivity contribution in [3.63, 3.8) is 0 Å². The van der Waals surface area contributed by atoms with E-state index in [0.29, 0.717) is 24.0 Å². The van der Waals surface area contributed by atoms with Gasteiger partial charge in [-0.2, -0.15) is 5.10 Å². The Labute approximate surface area is 128 Å². The largest absolute Gasteiger partial charge is 0.477 e. The number of nitrogens with zero attached hydrogens (tertiary/aromatic N) is 3. The van der Waals surface area contributed by atoms with Gasteiger partial charge >= 0.3 is 0 Å². The van der Waals surface area contributed by atoms with Gasteiger partial charge in [0, 0.05) is 25.4 Å². The molecule has 1 amide bonds. The highest BCUT2D eigenvalue weighted by molar-refractivity contribution is 5.96. The lowest BCUT2D eigenvalue weighted by molar-refractivity contribution is 0.0925. The van der Waals surface area contributed by atoms with Crippen LogP contribution in [0.1, 0.15) is 41.2 Å². The molecular weight excluding hydrogens is 280 g/mol. The zero-order chi connectivity index (χ0) is 14.9. The average molecular weight is 298 g/mol. The zero-order valence-electron chi connectivity index (χ0n) is 12.2. The van der Waals surface area contributed by atoms with Gasteiger partial charge in [0.1, 0.15) is 5.56 Å². The molecule has 6 nitrogen and oxygen atoms in total. The van der Waals surface area contributed by atoms with Crippen molar-refractivity contribution in [3.05, 3.63) is 41.9 Å². The number of hydrogen-bond donors (Lipinski definition) is 1. The van der Waals surface area contributed by atoms with Gasteiger partial charge in [-0.25, -0.2) is 4.68 Å². The van der Waals surface area contributed by atoms with Gasteiger partial charge in [-0.15, -0.1) is 0 Å². The van der Waals surface area contributed by atoms with Crippen LogP contribution in [0.4, 0.5) is 0 Å². The van der Waals surface area contributed by atoms with Crippen LogP contribution in [0.15, 0.2) is 30.7 Å². The smallest absolute Gasteiger partial charge is 0.258 e. The summed E-state index contributed by atoms with van der Waals surface area (Å²) < 4.78 is 7.37. The summed E-state index contributed by atoms with van der Waals surface area (Å²) in [6.45, 7) is 1.45. The maximum absolute atomic E-state index is 12.6. The normalized spacial score (nSPS) is 18.2. The van der Waals surface area contributed by atoms with Gasteiger partial charge in [-0.1, -0.05) is 0 Å². The van der Waals surface area contributed by atoms with Crippen molar-refractivity contribution >= 4 is 5.91 Å². The Bertz CT molecular complexity index is 679. The van der Waals surface area contributed by atoms with Gasteiger partial charge < -0.3 is 10.1 Å². The van der Waals surface area contributed by atoms with Gasteiger partial charge in [-0.05, 0) is 36.5 Å². The number of rotatable bonds is 4. The lowest BCUT2D eigenvalue weighted by atomic mass is 10.0. The Hall–Kier alpha value is -2.37. The molecule has 2 aromatic rings. The van der Waals surface area contributed by atoms with E-state index in [-0.39, 0.29) is 11.9 Å². The monoisotopic (exact) mass is 298 g/mol. The maximum atomic E-state index is 12.6. The van der Waals surface area contributed by atoms with Gasteiger partial charge in [0.15, 0.2) is 0 Å². The molecule has 4 rings (SSSR count). The Balaban J connectivity index is 1.56. The molecule has 1 N–H and O–H groups in total. The van der Waals surface area contributed by atoms with E-state index in [2.05, 4.69) is 15.4 Å². The summed E-state index contributed by atoms with van der Waals surface area (Å²) in [7, 11) is 0. The molecule has 6 heteroatoms. The van der Waals surface area contributed by atoms with Gasteiger partial charge in [0.2, 0.25) is 5.88 Å². The van der Waals surface area contributed by atoms with Crippen LogP contribution < -0.4 is 10.1 Å². The van der Waals surface area contributed by atoms with E-state index in [1.807, 2.05) is 12.1 Å². The number of nitrogens with one attached hydrogen (secondary N) is 1. The van der Waals surface area contributed by atoms with Crippen LogP contribution in [0.5, 0.6) is 5.88 Å². The molecule has 2 aromatic heterocycles. The van der Waals surface area contributed by atoms with Crippen LogP contribution in [-0.4, -0.2) is 27.3 Å². The van der Waals surface area contributed by atoms with Crippen LogP contribution in [0.2, 0.25) is 0 Å². The van der Waals surface area contributed by atoms with Crippen molar-refractivity contribution in [2.24, 2.45) is 5.92 Å². The van der Waals surface area contributed by atoms with Crippen LogP contribution in [0, 0.1) is 5.92 Å². The highest BCUT2D eigenvalue weighted by atomic mass is 16.5. The fourth-order valence-electron chi connectivity index (χ4n) is 2.92. The Morgan fingerprint density at radius 2 is 2.18 bits per heavy atom. The van der Waals surface area contributed by atoms with Crippen LogP contribution in [-0.2, 0) is 6.54 Å². The van der Waals surface area contributed by atoms with E-state index in [1.165, 1.54) is 0 Å². The van der Waals surface area contributed by atoms with Crippen molar-refractivity contribution in [1.82, 2.24) is 20.1 Å². The lowest BCUT2D eigenvalue weighted by Crippen LogP contribution is -2.30. The second-order valence-corrected chi connectivity index (χ2v) is 5.86. The zero-order valence-corrected chi connectivity index (χ0v) is 12.2. The summed E-state index contributed by atoms with van der Waals surface area (Å²) in [5.41, 5.74) is 1.63. The quantitative estimate of drug-likeness (QED) is 0.936. The van der Waals surface area contributed by atoms with E-state index in [9.17, 15) is 4.79 Å². The number of pyridine rings is 1. The summed E-state index contributed by atoms with van der Waals surface area (Å²) in [6, 6.07) is 3.97. The van der Waals surface area contributed by atoms with Crippen molar-refractivity contribution in [2.45, 2.75) is 31.8 Å². The van der Waals surface area contributed by atoms with Crippen molar-refractivity contribution in [1.29, 1.82) is 0 Å². The fraction of sp³-hybridized carbons (Fsp3) is 0.438. The number of carbonyl (C=O) groups is 1. The van der Waals surface area contributed by atoms with E-state index in [1.54, 1.807) is 23.3 Å². The highest BCUT2D eigenvalue weighted by Crippen LogP contribution is 2.41. The fourth-order valence-corrected chi connectivity index (χ4v) is 2.92. The third-order valence-corrected chi connectivity index (χ3v) is 4.23. The second-order valence-electron chi connectivity index (χ2n) is 5.86. The number of aryl methyl sites for hydroxylation is 1. The molecule has 1 atom stereocenters. The molecule has 0 radical (unpaired) electrons. The van der Waals surface area contributed by atoms with Crippen molar-refractivity contribution in [3.8, 4) is 5.88 Å². The minimum Gasteiger partial charge on any atom is -0.477 e. The molecule has 1 aliphatic heterocycles. The number of hydrogen-bond acceptors (Lipinski definition) is 4. The van der Waals surface area contributed by atoms with Crippen molar-refractivity contribution < 1.29 is 9.53 Å². The van der Waals surface area contributed by atoms with Crippen molar-refractivity contribution in [2.75, 3.05) is 6.61 Å². The Kier molecular flexibility index (Phi) is 3.29. The van der Waals surface area contributed by atoms with E-state index >= 15 is 0 Å². The SMILES string of the molecule is O=C(NC(c1ccncc1)C1CC1)c1cnn2c1OCCC2. The minimum absolute atomic E-state index is 0.0367. The molecule has 1 saturated carbocycles. The molecular formula is C16H18N4O2. The molecule has 2 aliphatic rings. The van der Waals surface area contributed by atoms with Gasteiger partial charge in [0.05, 0.1) is 18.8 Å². The number of amides is 1. The molecule has 0 saturated heterocycles. The third-order valence-electron chi connectivity index (χ3n) is 4.23. The number of fused-ring (bicyclic) bond motifs is 1. The molecule has 1 unspecified atom stereocenters. The van der Waals surface area contributed by atoms with E-state index < -0.39 is 0 Å². The average Bonchev–Trinajstić information content (AvgIpc) is 3.31. The first-order chi connectivity index (χ1) is 10.8. The molecule has 0 spiro atoms. The molecule has 0 aromatic carbocycles.